The zero-order valence-corrected chi connectivity index (χ0v) is 6.66. The van der Waals surface area contributed by atoms with E-state index in [2.05, 4.69) is 9.97 Å². The Hall–Kier alpha value is -1.25. The van der Waals surface area contributed by atoms with Crippen LogP contribution >= 0.6 is 0 Å². The Morgan fingerprint density at radius 2 is 2.27 bits per heavy atom. The second-order valence-corrected chi connectivity index (χ2v) is 2.30. The van der Waals surface area contributed by atoms with Crippen LogP contribution in [0, 0.1) is 6.92 Å². The molecule has 0 fully saturated rings. The summed E-state index contributed by atoms with van der Waals surface area (Å²) in [5, 5.41) is 0. The molecule has 0 aromatic carbocycles. The van der Waals surface area contributed by atoms with Crippen molar-refractivity contribution in [3.8, 4) is 0 Å². The third-order valence-electron chi connectivity index (χ3n) is 1.67. The number of carbonyl (C=O) groups is 1. The van der Waals surface area contributed by atoms with E-state index in [9.17, 15) is 4.79 Å². The predicted octanol–water partition coefficient (Wildman–Crippen LogP) is 1.16. The first-order valence-electron chi connectivity index (χ1n) is 3.55. The SMILES string of the molecule is CCc1ncnc(C=O)c1C. The fourth-order valence-electron chi connectivity index (χ4n) is 0.978. The molecule has 1 rings (SSSR count). The molecule has 0 saturated heterocycles. The molecular formula is C8H10N2O. The van der Waals surface area contributed by atoms with Crippen LogP contribution in [-0.4, -0.2) is 16.3 Å². The van der Waals surface area contributed by atoms with E-state index < -0.39 is 0 Å². The number of aldehydes is 1. The fourth-order valence-corrected chi connectivity index (χ4v) is 0.978. The first-order chi connectivity index (χ1) is 5.29. The van der Waals surface area contributed by atoms with Gasteiger partial charge in [-0.25, -0.2) is 9.97 Å². The molecular weight excluding hydrogens is 140 g/mol. The van der Waals surface area contributed by atoms with Gasteiger partial charge in [0.2, 0.25) is 0 Å². The summed E-state index contributed by atoms with van der Waals surface area (Å²) in [5.41, 5.74) is 2.34. The van der Waals surface area contributed by atoms with Crippen molar-refractivity contribution in [2.45, 2.75) is 20.3 Å². The summed E-state index contributed by atoms with van der Waals surface area (Å²) in [5.74, 6) is 0. The molecule has 0 aliphatic rings. The lowest BCUT2D eigenvalue weighted by Crippen LogP contribution is -1.99. The van der Waals surface area contributed by atoms with Gasteiger partial charge in [0, 0.05) is 5.69 Å². The maximum atomic E-state index is 10.4. The van der Waals surface area contributed by atoms with Gasteiger partial charge in [-0.1, -0.05) is 6.92 Å². The smallest absolute Gasteiger partial charge is 0.168 e. The van der Waals surface area contributed by atoms with Gasteiger partial charge in [0.25, 0.3) is 0 Å². The molecule has 1 heterocycles. The minimum Gasteiger partial charge on any atom is -0.296 e. The van der Waals surface area contributed by atoms with Gasteiger partial charge in [-0.3, -0.25) is 4.79 Å². The van der Waals surface area contributed by atoms with Crippen LogP contribution in [0.2, 0.25) is 0 Å². The number of hydrogen-bond acceptors (Lipinski definition) is 3. The Labute approximate surface area is 65.5 Å². The van der Waals surface area contributed by atoms with Gasteiger partial charge >= 0.3 is 0 Å². The van der Waals surface area contributed by atoms with Crippen molar-refractivity contribution >= 4 is 6.29 Å². The van der Waals surface area contributed by atoms with Crippen molar-refractivity contribution in [1.29, 1.82) is 0 Å². The van der Waals surface area contributed by atoms with Gasteiger partial charge < -0.3 is 0 Å². The van der Waals surface area contributed by atoms with Crippen LogP contribution in [0.25, 0.3) is 0 Å². The molecule has 0 bridgehead atoms. The Bertz CT molecular complexity index is 271. The second kappa shape index (κ2) is 3.23. The molecule has 0 N–H and O–H groups in total. The van der Waals surface area contributed by atoms with Gasteiger partial charge in [0.1, 0.15) is 12.0 Å². The summed E-state index contributed by atoms with van der Waals surface area (Å²) < 4.78 is 0. The van der Waals surface area contributed by atoms with Crippen molar-refractivity contribution in [2.75, 3.05) is 0 Å². The molecule has 1 aromatic heterocycles. The highest BCUT2D eigenvalue weighted by Crippen LogP contribution is 2.05. The molecule has 58 valence electrons. The molecule has 3 nitrogen and oxygen atoms in total. The van der Waals surface area contributed by atoms with E-state index in [0.29, 0.717) is 5.69 Å². The number of hydrogen-bond donors (Lipinski definition) is 0. The normalized spacial score (nSPS) is 9.64. The van der Waals surface area contributed by atoms with Gasteiger partial charge in [-0.2, -0.15) is 0 Å². The summed E-state index contributed by atoms with van der Waals surface area (Å²) in [6, 6.07) is 0. The largest absolute Gasteiger partial charge is 0.296 e. The van der Waals surface area contributed by atoms with Crippen LogP contribution in [0.3, 0.4) is 0 Å². The van der Waals surface area contributed by atoms with E-state index in [-0.39, 0.29) is 0 Å². The van der Waals surface area contributed by atoms with Crippen molar-refractivity contribution in [3.63, 3.8) is 0 Å². The van der Waals surface area contributed by atoms with Crippen molar-refractivity contribution in [1.82, 2.24) is 9.97 Å². The molecule has 0 atom stereocenters. The number of nitrogens with zero attached hydrogens (tertiary/aromatic N) is 2. The molecule has 11 heavy (non-hydrogen) atoms. The maximum Gasteiger partial charge on any atom is 0.168 e. The lowest BCUT2D eigenvalue weighted by atomic mass is 10.1. The average molecular weight is 150 g/mol. The minimum atomic E-state index is 0.497. The maximum absolute atomic E-state index is 10.4. The number of aromatic nitrogens is 2. The van der Waals surface area contributed by atoms with Crippen molar-refractivity contribution in [3.05, 3.63) is 23.3 Å². The van der Waals surface area contributed by atoms with E-state index in [4.69, 9.17) is 0 Å². The monoisotopic (exact) mass is 150 g/mol. The first-order valence-corrected chi connectivity index (χ1v) is 3.55. The molecule has 0 aliphatic carbocycles. The van der Waals surface area contributed by atoms with Crippen LogP contribution in [0.15, 0.2) is 6.33 Å². The Kier molecular flexibility index (Phi) is 2.31. The summed E-state index contributed by atoms with van der Waals surface area (Å²) in [4.78, 5) is 18.3. The minimum absolute atomic E-state index is 0.497. The van der Waals surface area contributed by atoms with Crippen LogP contribution in [0.4, 0.5) is 0 Å². The number of aryl methyl sites for hydroxylation is 1. The van der Waals surface area contributed by atoms with Crippen LogP contribution in [0.5, 0.6) is 0 Å². The topological polar surface area (TPSA) is 42.9 Å². The number of carbonyl (C=O) groups excluding carboxylic acids is 1. The zero-order valence-electron chi connectivity index (χ0n) is 6.66. The van der Waals surface area contributed by atoms with Crippen LogP contribution < -0.4 is 0 Å². The van der Waals surface area contributed by atoms with Crippen molar-refractivity contribution in [2.24, 2.45) is 0 Å². The highest BCUT2D eigenvalue weighted by molar-refractivity contribution is 5.74. The molecule has 1 aromatic rings. The Morgan fingerprint density at radius 1 is 1.55 bits per heavy atom. The highest BCUT2D eigenvalue weighted by Gasteiger charge is 2.02. The van der Waals surface area contributed by atoms with Crippen LogP contribution in [0.1, 0.15) is 28.7 Å². The standard InChI is InChI=1S/C8H10N2O/c1-3-7-6(2)8(4-11)10-5-9-7/h4-5H,3H2,1-2H3. The average Bonchev–Trinajstić information content (AvgIpc) is 2.05. The lowest BCUT2D eigenvalue weighted by molar-refractivity contribution is 0.111. The summed E-state index contributed by atoms with van der Waals surface area (Å²) in [7, 11) is 0. The predicted molar refractivity (Wildman–Crippen MR) is 41.5 cm³/mol. The van der Waals surface area contributed by atoms with E-state index in [1.165, 1.54) is 6.33 Å². The Balaban J connectivity index is 3.20. The van der Waals surface area contributed by atoms with E-state index >= 15 is 0 Å². The van der Waals surface area contributed by atoms with Crippen LogP contribution in [-0.2, 0) is 6.42 Å². The van der Waals surface area contributed by atoms with Gasteiger partial charge in [0.15, 0.2) is 6.29 Å². The molecule has 0 spiro atoms. The molecule has 0 aliphatic heterocycles. The van der Waals surface area contributed by atoms with E-state index in [0.717, 1.165) is 24.0 Å². The number of rotatable bonds is 2. The molecule has 3 heteroatoms. The highest BCUT2D eigenvalue weighted by atomic mass is 16.1. The van der Waals surface area contributed by atoms with Crippen molar-refractivity contribution < 1.29 is 4.79 Å². The lowest BCUT2D eigenvalue weighted by Gasteiger charge is -2.01. The van der Waals surface area contributed by atoms with Gasteiger partial charge in [-0.15, -0.1) is 0 Å². The molecule has 0 amide bonds. The molecule has 0 saturated carbocycles. The Morgan fingerprint density at radius 3 is 2.82 bits per heavy atom. The fraction of sp³-hybridized carbons (Fsp3) is 0.375. The summed E-state index contributed by atoms with van der Waals surface area (Å²) >= 11 is 0. The third kappa shape index (κ3) is 1.42. The molecule has 0 radical (unpaired) electrons. The summed E-state index contributed by atoms with van der Waals surface area (Å²) in [6.07, 6.45) is 3.03. The quantitative estimate of drug-likeness (QED) is 0.594. The van der Waals surface area contributed by atoms with Gasteiger partial charge in [0.05, 0.1) is 0 Å². The molecule has 0 unspecified atom stereocenters. The van der Waals surface area contributed by atoms with E-state index in [1.807, 2.05) is 13.8 Å². The zero-order chi connectivity index (χ0) is 8.27. The third-order valence-corrected chi connectivity index (χ3v) is 1.67. The van der Waals surface area contributed by atoms with E-state index in [1.54, 1.807) is 0 Å². The first kappa shape index (κ1) is 7.85. The summed E-state index contributed by atoms with van der Waals surface area (Å²) in [6.45, 7) is 3.87. The van der Waals surface area contributed by atoms with Gasteiger partial charge in [-0.05, 0) is 18.9 Å². The second-order valence-electron chi connectivity index (χ2n) is 2.30.